The Bertz CT molecular complexity index is 283. The molecule has 0 aromatic heterocycles. The number of benzene rings is 1. The molecule has 0 aliphatic heterocycles. The van der Waals surface area contributed by atoms with Gasteiger partial charge in [0, 0.05) is 44.7 Å². The molecule has 0 spiro atoms. The van der Waals surface area contributed by atoms with Crippen molar-refractivity contribution in [3.8, 4) is 5.75 Å². The van der Waals surface area contributed by atoms with E-state index in [2.05, 4.69) is 24.8 Å². The molecule has 0 amide bonds. The minimum atomic E-state index is 0. The van der Waals surface area contributed by atoms with Crippen LogP contribution in [0.3, 0.4) is 0 Å². The molecule has 4 heteroatoms. The van der Waals surface area contributed by atoms with Crippen LogP contribution in [0.2, 0.25) is 0 Å². The van der Waals surface area contributed by atoms with Crippen LogP contribution >= 0.6 is 0 Å². The van der Waals surface area contributed by atoms with Gasteiger partial charge >= 0.3 is 8.05 Å². The van der Waals surface area contributed by atoms with E-state index in [1.807, 2.05) is 13.8 Å². The van der Waals surface area contributed by atoms with Gasteiger partial charge < -0.3 is 21.1 Å². The molecule has 0 aliphatic carbocycles. The summed E-state index contributed by atoms with van der Waals surface area (Å²) in [5.41, 5.74) is 0.780. The quantitative estimate of drug-likeness (QED) is 0.363. The molecule has 2 radical (unpaired) electrons. The molecule has 0 fully saturated rings. The Labute approximate surface area is 117 Å². The number of hydrogen-bond acceptors (Lipinski definition) is 2. The first-order valence-electron chi connectivity index (χ1n) is 4.33. The Hall–Kier alpha value is -0.401. The molecule has 1 aromatic carbocycles. The second-order valence-corrected chi connectivity index (χ2v) is 2.05. The van der Waals surface area contributed by atoms with E-state index in [4.69, 9.17) is 0 Å². The summed E-state index contributed by atoms with van der Waals surface area (Å²) in [4.78, 5) is 9.91. The summed E-state index contributed by atoms with van der Waals surface area (Å²) in [7, 11) is 3.25. The molecule has 0 saturated carbocycles. The predicted molar refractivity (Wildman–Crippen MR) is 58.2 cm³/mol. The van der Waals surface area contributed by atoms with Crippen LogP contribution in [0, 0.1) is 12.1 Å². The van der Waals surface area contributed by atoms with Crippen LogP contribution in [0.1, 0.15) is 19.4 Å². The molecule has 0 aliphatic rings. The molecular weight excluding hydrogens is 264 g/mol. The molecule has 0 bridgehead atoms. The number of hydrogen-bond donors (Lipinski definition) is 0. The fraction of sp³-hybridized carbons (Fsp3) is 0.182. The van der Waals surface area contributed by atoms with Crippen LogP contribution in [0.25, 0.3) is 6.08 Å². The van der Waals surface area contributed by atoms with Crippen molar-refractivity contribution in [2.75, 3.05) is 0 Å². The van der Waals surface area contributed by atoms with Gasteiger partial charge in [-0.1, -0.05) is 13.8 Å². The maximum atomic E-state index is 9.91. The molecule has 1 rings (SSSR count). The van der Waals surface area contributed by atoms with Crippen LogP contribution in [0.5, 0.6) is 5.75 Å². The Morgan fingerprint density at radius 2 is 2.13 bits per heavy atom. The first-order valence-corrected chi connectivity index (χ1v) is 4.33. The third-order valence-corrected chi connectivity index (χ3v) is 1.28. The molecular formula is C11H12BO2Y-2. The average Bonchev–Trinajstić information content (AvgIpc) is 2.30. The van der Waals surface area contributed by atoms with Gasteiger partial charge in [0.15, 0.2) is 0 Å². The van der Waals surface area contributed by atoms with Crippen LogP contribution in [-0.2, 0) is 37.5 Å². The average molecular weight is 276 g/mol. The molecule has 0 unspecified atom stereocenters. The molecule has 76 valence electrons. The minimum Gasteiger partial charge on any atom is -0.611 e. The van der Waals surface area contributed by atoms with Crippen molar-refractivity contribution in [2.24, 2.45) is 0 Å². The topological polar surface area (TPSA) is 26.3 Å². The Kier molecular flexibility index (Phi) is 13.2. The fourth-order valence-corrected chi connectivity index (χ4v) is 0.726. The van der Waals surface area contributed by atoms with E-state index in [0.29, 0.717) is 12.0 Å². The SMILES string of the molecule is CC.[BH]Oc1c[c-]c(C=[C-]C=O)cc1.[Y]. The summed E-state index contributed by atoms with van der Waals surface area (Å²) in [6, 6.07) is 8.02. The predicted octanol–water partition coefficient (Wildman–Crippen LogP) is 1.72. The van der Waals surface area contributed by atoms with Crippen LogP contribution in [-0.4, -0.2) is 14.3 Å². The van der Waals surface area contributed by atoms with Gasteiger partial charge in [0.25, 0.3) is 0 Å². The van der Waals surface area contributed by atoms with Gasteiger partial charge in [0.1, 0.15) is 0 Å². The zero-order chi connectivity index (χ0) is 10.8. The van der Waals surface area contributed by atoms with E-state index < -0.39 is 0 Å². The molecule has 0 heterocycles. The normalized spacial score (nSPS) is 8.40. The molecule has 2 nitrogen and oxygen atoms in total. The van der Waals surface area contributed by atoms with Crippen molar-refractivity contribution in [1.82, 2.24) is 0 Å². The first-order chi connectivity index (χ1) is 6.86. The van der Waals surface area contributed by atoms with Crippen LogP contribution in [0.4, 0.5) is 0 Å². The van der Waals surface area contributed by atoms with Crippen LogP contribution < -0.4 is 4.65 Å². The maximum Gasteiger partial charge on any atom is 0.334 e. The number of rotatable bonds is 3. The van der Waals surface area contributed by atoms with Gasteiger partial charge in [-0.05, 0) is 0 Å². The molecule has 0 saturated heterocycles. The van der Waals surface area contributed by atoms with Crippen LogP contribution in [0.15, 0.2) is 18.2 Å². The third kappa shape index (κ3) is 7.52. The molecule has 1 aromatic rings. The number of carbonyl (C=O) groups is 1. The number of allylic oxidation sites excluding steroid dienone is 1. The van der Waals surface area contributed by atoms with E-state index in [0.717, 1.165) is 5.56 Å². The molecule has 0 N–H and O–H groups in total. The summed E-state index contributed by atoms with van der Waals surface area (Å²) in [6.45, 7) is 4.00. The van der Waals surface area contributed by atoms with Gasteiger partial charge in [0.2, 0.25) is 0 Å². The van der Waals surface area contributed by atoms with Gasteiger partial charge in [-0.2, -0.15) is 0 Å². The maximum absolute atomic E-state index is 9.91. The summed E-state index contributed by atoms with van der Waals surface area (Å²) >= 11 is 0. The zero-order valence-corrected chi connectivity index (χ0v) is 11.8. The molecule has 15 heavy (non-hydrogen) atoms. The second-order valence-electron chi connectivity index (χ2n) is 2.05. The Morgan fingerprint density at radius 3 is 2.53 bits per heavy atom. The van der Waals surface area contributed by atoms with Gasteiger partial charge in [-0.3, -0.25) is 6.08 Å². The van der Waals surface area contributed by atoms with Gasteiger partial charge in [-0.15, -0.1) is 12.1 Å². The van der Waals surface area contributed by atoms with Crippen molar-refractivity contribution in [3.05, 3.63) is 35.9 Å². The van der Waals surface area contributed by atoms with E-state index >= 15 is 0 Å². The summed E-state index contributed by atoms with van der Waals surface area (Å²) in [5.74, 6) is 0.637. The summed E-state index contributed by atoms with van der Waals surface area (Å²) in [6.07, 6.45) is 4.55. The van der Waals surface area contributed by atoms with Crippen molar-refractivity contribution < 1.29 is 42.2 Å². The van der Waals surface area contributed by atoms with Gasteiger partial charge in [0.05, 0.1) is 0 Å². The zero-order valence-electron chi connectivity index (χ0n) is 8.99. The molecule has 0 atom stereocenters. The number of carbonyl (C=O) groups excluding carboxylic acids is 1. The largest absolute Gasteiger partial charge is 0.611 e. The van der Waals surface area contributed by atoms with Crippen molar-refractivity contribution in [1.29, 1.82) is 0 Å². The number of aldehydes is 1. The van der Waals surface area contributed by atoms with Crippen molar-refractivity contribution in [3.63, 3.8) is 0 Å². The Balaban J connectivity index is 0. The smallest absolute Gasteiger partial charge is 0.334 e. The monoisotopic (exact) mass is 276 g/mol. The fourth-order valence-electron chi connectivity index (χ4n) is 0.726. The first kappa shape index (κ1) is 17.0. The van der Waals surface area contributed by atoms with E-state index in [-0.39, 0.29) is 32.7 Å². The van der Waals surface area contributed by atoms with Crippen molar-refractivity contribution >= 4 is 20.4 Å². The summed E-state index contributed by atoms with van der Waals surface area (Å²) in [5, 5.41) is 0. The van der Waals surface area contributed by atoms with E-state index in [9.17, 15) is 4.79 Å². The third-order valence-electron chi connectivity index (χ3n) is 1.28. The standard InChI is InChI=1S/C9H6BO2.C2H6.Y/c10-12-9-5-3-8(4-6-9)2-1-7-11;1-2;/h2-3,5-7,10H;1-2H3;/q-2;;. The van der Waals surface area contributed by atoms with Crippen molar-refractivity contribution in [2.45, 2.75) is 13.8 Å². The van der Waals surface area contributed by atoms with E-state index in [1.54, 1.807) is 24.3 Å². The Morgan fingerprint density at radius 1 is 1.47 bits per heavy atom. The van der Waals surface area contributed by atoms with E-state index in [1.165, 1.54) is 0 Å². The summed E-state index contributed by atoms with van der Waals surface area (Å²) < 4.78 is 4.69. The second kappa shape index (κ2) is 11.7. The minimum absolute atomic E-state index is 0. The van der Waals surface area contributed by atoms with Gasteiger partial charge in [-0.25, -0.2) is 12.1 Å².